The molecule has 102 valence electrons. The summed E-state index contributed by atoms with van der Waals surface area (Å²) in [6.45, 7) is 3.91. The van der Waals surface area contributed by atoms with E-state index in [0.29, 0.717) is 0 Å². The summed E-state index contributed by atoms with van der Waals surface area (Å²) < 4.78 is 2.08. The number of benzene rings is 1. The van der Waals surface area contributed by atoms with Gasteiger partial charge in [0.2, 0.25) is 0 Å². The summed E-state index contributed by atoms with van der Waals surface area (Å²) in [5.41, 5.74) is 4.16. The van der Waals surface area contributed by atoms with Gasteiger partial charge >= 0.3 is 0 Å². The smallest absolute Gasteiger partial charge is 0.0946 e. The Kier molecular flexibility index (Phi) is 4.82. The second-order valence-corrected chi connectivity index (χ2v) is 4.61. The summed E-state index contributed by atoms with van der Waals surface area (Å²) in [5.74, 6) is 0. The first-order valence-electron chi connectivity index (χ1n) is 6.44. The molecule has 1 aromatic heterocycles. The van der Waals surface area contributed by atoms with Crippen molar-refractivity contribution in [3.05, 3.63) is 48.0 Å². The number of anilines is 1. The number of nitrogens with zero attached hydrogens (tertiary/aromatic N) is 2. The second kappa shape index (κ2) is 6.59. The van der Waals surface area contributed by atoms with E-state index in [4.69, 9.17) is 0 Å². The van der Waals surface area contributed by atoms with Gasteiger partial charge in [0.15, 0.2) is 0 Å². The van der Waals surface area contributed by atoms with Gasteiger partial charge in [-0.1, -0.05) is 18.2 Å². The normalized spacial score (nSPS) is 12.6. The molecule has 0 bridgehead atoms. The fourth-order valence-corrected chi connectivity index (χ4v) is 2.41. The molecule has 3 rings (SSSR count). The Morgan fingerprint density at radius 1 is 1.37 bits per heavy atom. The lowest BCUT2D eigenvalue weighted by Gasteiger charge is -2.10. The molecule has 0 saturated carbocycles. The Morgan fingerprint density at radius 3 is 3.16 bits per heavy atom. The van der Waals surface area contributed by atoms with Gasteiger partial charge in [0, 0.05) is 44.3 Å². The molecule has 0 unspecified atom stereocenters. The van der Waals surface area contributed by atoms with Gasteiger partial charge in [-0.25, -0.2) is 4.98 Å². The largest absolute Gasteiger partial charge is 0.384 e. The highest BCUT2D eigenvalue weighted by Crippen LogP contribution is 2.25. The number of fused-ring (bicyclic) bond motifs is 1. The quantitative estimate of drug-likeness (QED) is 0.823. The van der Waals surface area contributed by atoms with Crippen molar-refractivity contribution in [1.29, 1.82) is 0 Å². The number of nitrogens with one attached hydrogen (secondary N) is 2. The van der Waals surface area contributed by atoms with Crippen molar-refractivity contribution in [2.24, 2.45) is 0 Å². The van der Waals surface area contributed by atoms with E-state index in [2.05, 4.69) is 38.4 Å². The molecule has 0 radical (unpaired) electrons. The summed E-state index contributed by atoms with van der Waals surface area (Å²) >= 11 is 0. The lowest BCUT2D eigenvalue weighted by atomic mass is 10.1. The molecule has 19 heavy (non-hydrogen) atoms. The molecule has 1 aromatic carbocycles. The number of hydrogen-bond acceptors (Lipinski definition) is 3. The van der Waals surface area contributed by atoms with Crippen LogP contribution < -0.4 is 10.6 Å². The van der Waals surface area contributed by atoms with Crippen molar-refractivity contribution in [2.45, 2.75) is 19.5 Å². The zero-order chi connectivity index (χ0) is 12.2. The van der Waals surface area contributed by atoms with Crippen LogP contribution in [0.3, 0.4) is 0 Å². The maximum Gasteiger partial charge on any atom is 0.0946 e. The molecule has 1 aliphatic heterocycles. The number of rotatable bonds is 5. The predicted octanol–water partition coefficient (Wildman–Crippen LogP) is 2.06. The molecule has 5 heteroatoms. The van der Waals surface area contributed by atoms with Crippen LogP contribution in [0.2, 0.25) is 0 Å². The number of para-hydroxylation sites is 1. The van der Waals surface area contributed by atoms with Crippen molar-refractivity contribution in [3.8, 4) is 0 Å². The topological polar surface area (TPSA) is 41.9 Å². The Balaban J connectivity index is 0.00000133. The van der Waals surface area contributed by atoms with Gasteiger partial charge in [-0.3, -0.25) is 0 Å². The third-order valence-electron chi connectivity index (χ3n) is 3.35. The lowest BCUT2D eigenvalue weighted by molar-refractivity contribution is 0.598. The van der Waals surface area contributed by atoms with Crippen molar-refractivity contribution < 1.29 is 0 Å². The molecule has 2 heterocycles. The number of aromatic nitrogens is 2. The molecule has 4 nitrogen and oxygen atoms in total. The molecule has 2 N–H and O–H groups in total. The van der Waals surface area contributed by atoms with Crippen LogP contribution >= 0.6 is 12.4 Å². The standard InChI is InChI=1S/C14H18N4.ClH/c1-2-12-4-5-17-14(12)13(3-1)10-15-6-8-18-9-7-16-11-18;/h1-3,7,9,11,15,17H,4-6,8,10H2;1H. The van der Waals surface area contributed by atoms with E-state index < -0.39 is 0 Å². The highest BCUT2D eigenvalue weighted by Gasteiger charge is 2.12. The van der Waals surface area contributed by atoms with E-state index in [-0.39, 0.29) is 12.4 Å². The van der Waals surface area contributed by atoms with Crippen molar-refractivity contribution in [1.82, 2.24) is 14.9 Å². The first-order valence-corrected chi connectivity index (χ1v) is 6.44. The van der Waals surface area contributed by atoms with Crippen LogP contribution in [0.5, 0.6) is 0 Å². The van der Waals surface area contributed by atoms with Crippen LogP contribution in [0.15, 0.2) is 36.9 Å². The molecular weight excluding hydrogens is 260 g/mol. The number of imidazole rings is 1. The molecule has 0 fully saturated rings. The minimum atomic E-state index is 0. The average molecular weight is 279 g/mol. The van der Waals surface area contributed by atoms with Crippen molar-refractivity contribution >= 4 is 18.1 Å². The van der Waals surface area contributed by atoms with Crippen LogP contribution in [-0.4, -0.2) is 22.6 Å². The predicted molar refractivity (Wildman–Crippen MR) is 79.8 cm³/mol. The SMILES string of the molecule is Cl.c1cc2c(c(CNCCn3ccnc3)c1)NCC2. The van der Waals surface area contributed by atoms with E-state index in [1.54, 1.807) is 0 Å². The highest BCUT2D eigenvalue weighted by atomic mass is 35.5. The highest BCUT2D eigenvalue weighted by molar-refractivity contribution is 5.85. The van der Waals surface area contributed by atoms with Crippen molar-refractivity contribution in [2.75, 3.05) is 18.4 Å². The molecule has 0 saturated heterocycles. The van der Waals surface area contributed by atoms with Crippen LogP contribution in [-0.2, 0) is 19.5 Å². The van der Waals surface area contributed by atoms with Crippen LogP contribution in [0.1, 0.15) is 11.1 Å². The fraction of sp³-hybridized carbons (Fsp3) is 0.357. The molecule has 0 atom stereocenters. The lowest BCUT2D eigenvalue weighted by Crippen LogP contribution is -2.19. The monoisotopic (exact) mass is 278 g/mol. The van der Waals surface area contributed by atoms with Gasteiger partial charge in [-0.15, -0.1) is 12.4 Å². The van der Waals surface area contributed by atoms with Gasteiger partial charge < -0.3 is 15.2 Å². The van der Waals surface area contributed by atoms with Gasteiger partial charge in [0.25, 0.3) is 0 Å². The summed E-state index contributed by atoms with van der Waals surface area (Å²) in [6.07, 6.45) is 6.80. The van der Waals surface area contributed by atoms with E-state index in [9.17, 15) is 0 Å². The van der Waals surface area contributed by atoms with Gasteiger partial charge in [-0.05, 0) is 17.5 Å². The summed E-state index contributed by atoms with van der Waals surface area (Å²) in [4.78, 5) is 4.03. The van der Waals surface area contributed by atoms with E-state index >= 15 is 0 Å². The van der Waals surface area contributed by atoms with E-state index in [1.165, 1.54) is 16.8 Å². The molecular formula is C14H19ClN4. The molecule has 2 aromatic rings. The maximum atomic E-state index is 4.03. The average Bonchev–Trinajstić information content (AvgIpc) is 3.05. The summed E-state index contributed by atoms with van der Waals surface area (Å²) in [5, 5.41) is 6.95. The van der Waals surface area contributed by atoms with Crippen molar-refractivity contribution in [3.63, 3.8) is 0 Å². The third kappa shape index (κ3) is 3.28. The molecule has 1 aliphatic rings. The Labute approximate surface area is 119 Å². The summed E-state index contributed by atoms with van der Waals surface area (Å²) in [6, 6.07) is 6.56. The van der Waals surface area contributed by atoms with E-state index in [0.717, 1.165) is 32.6 Å². The second-order valence-electron chi connectivity index (χ2n) is 4.61. The zero-order valence-corrected chi connectivity index (χ0v) is 11.6. The van der Waals surface area contributed by atoms with E-state index in [1.807, 2.05) is 18.7 Å². The minimum Gasteiger partial charge on any atom is -0.384 e. The van der Waals surface area contributed by atoms with Gasteiger partial charge in [0.1, 0.15) is 0 Å². The molecule has 0 spiro atoms. The summed E-state index contributed by atoms with van der Waals surface area (Å²) in [7, 11) is 0. The van der Waals surface area contributed by atoms with Gasteiger partial charge in [0.05, 0.1) is 6.33 Å². The van der Waals surface area contributed by atoms with Crippen LogP contribution in [0.25, 0.3) is 0 Å². The Hall–Kier alpha value is -1.52. The zero-order valence-electron chi connectivity index (χ0n) is 10.8. The Morgan fingerprint density at radius 2 is 2.32 bits per heavy atom. The number of hydrogen-bond donors (Lipinski definition) is 2. The first kappa shape index (κ1) is 13.9. The number of halogens is 1. The van der Waals surface area contributed by atoms with Crippen LogP contribution in [0.4, 0.5) is 5.69 Å². The Bertz CT molecular complexity index is 510. The van der Waals surface area contributed by atoms with Crippen LogP contribution in [0, 0.1) is 0 Å². The molecule has 0 aliphatic carbocycles. The van der Waals surface area contributed by atoms with Gasteiger partial charge in [-0.2, -0.15) is 0 Å². The first-order chi connectivity index (χ1) is 8.93. The molecule has 0 amide bonds. The fourth-order valence-electron chi connectivity index (χ4n) is 2.41. The third-order valence-corrected chi connectivity index (χ3v) is 3.35. The minimum absolute atomic E-state index is 0. The maximum absolute atomic E-state index is 4.03.